The predicted molar refractivity (Wildman–Crippen MR) is 63.2 cm³/mol. The van der Waals surface area contributed by atoms with Crippen molar-refractivity contribution in [3.8, 4) is 0 Å². The Morgan fingerprint density at radius 1 is 1.40 bits per heavy atom. The molecule has 1 aliphatic rings. The molecule has 0 bridgehead atoms. The van der Waals surface area contributed by atoms with E-state index < -0.39 is 0 Å². The third-order valence-electron chi connectivity index (χ3n) is 2.52. The monoisotopic (exact) mass is 203 g/mol. The SMILES string of the molecule is Cc1cccc(NCC2=CCCOC2)c1. The Kier molecular flexibility index (Phi) is 3.41. The number of hydrogen-bond donors (Lipinski definition) is 1. The van der Waals surface area contributed by atoms with E-state index >= 15 is 0 Å². The quantitative estimate of drug-likeness (QED) is 0.763. The molecular formula is C13H17NO. The van der Waals surface area contributed by atoms with Crippen LogP contribution in [0.1, 0.15) is 12.0 Å². The number of nitrogens with one attached hydrogen (secondary N) is 1. The van der Waals surface area contributed by atoms with Crippen LogP contribution in [0, 0.1) is 6.92 Å². The summed E-state index contributed by atoms with van der Waals surface area (Å²) >= 11 is 0. The first-order valence-electron chi connectivity index (χ1n) is 5.41. The fraction of sp³-hybridized carbons (Fsp3) is 0.385. The van der Waals surface area contributed by atoms with Gasteiger partial charge in [0.15, 0.2) is 0 Å². The molecule has 0 amide bonds. The van der Waals surface area contributed by atoms with Crippen molar-refractivity contribution in [3.63, 3.8) is 0 Å². The summed E-state index contributed by atoms with van der Waals surface area (Å²) in [5, 5.41) is 3.41. The Balaban J connectivity index is 1.90. The normalized spacial score (nSPS) is 15.9. The Morgan fingerprint density at radius 2 is 2.33 bits per heavy atom. The summed E-state index contributed by atoms with van der Waals surface area (Å²) < 4.78 is 5.39. The maximum Gasteiger partial charge on any atom is 0.0693 e. The molecule has 2 rings (SSSR count). The molecule has 0 radical (unpaired) electrons. The molecular weight excluding hydrogens is 186 g/mol. The molecule has 1 aliphatic heterocycles. The molecule has 2 nitrogen and oxygen atoms in total. The van der Waals surface area contributed by atoms with Crippen molar-refractivity contribution >= 4 is 5.69 Å². The molecule has 0 saturated heterocycles. The maximum atomic E-state index is 5.39. The van der Waals surface area contributed by atoms with Gasteiger partial charge in [0.25, 0.3) is 0 Å². The summed E-state index contributed by atoms with van der Waals surface area (Å²) in [7, 11) is 0. The van der Waals surface area contributed by atoms with Crippen molar-refractivity contribution in [1.29, 1.82) is 0 Å². The van der Waals surface area contributed by atoms with Crippen LogP contribution in [0.3, 0.4) is 0 Å². The van der Waals surface area contributed by atoms with Crippen molar-refractivity contribution < 1.29 is 4.74 Å². The molecule has 0 atom stereocenters. The van der Waals surface area contributed by atoms with Crippen LogP contribution in [0.5, 0.6) is 0 Å². The van der Waals surface area contributed by atoms with Gasteiger partial charge in [-0.3, -0.25) is 0 Å². The molecule has 0 unspecified atom stereocenters. The van der Waals surface area contributed by atoms with E-state index in [0.29, 0.717) is 0 Å². The summed E-state index contributed by atoms with van der Waals surface area (Å²) in [6.07, 6.45) is 3.32. The van der Waals surface area contributed by atoms with Gasteiger partial charge in [0.1, 0.15) is 0 Å². The van der Waals surface area contributed by atoms with Crippen LogP contribution in [0.15, 0.2) is 35.9 Å². The Labute approximate surface area is 91.0 Å². The van der Waals surface area contributed by atoms with Crippen molar-refractivity contribution in [3.05, 3.63) is 41.5 Å². The summed E-state index contributed by atoms with van der Waals surface area (Å²) in [6, 6.07) is 8.43. The Bertz CT molecular complexity index is 357. The highest BCUT2D eigenvalue weighted by Crippen LogP contribution is 2.11. The van der Waals surface area contributed by atoms with Crippen molar-refractivity contribution in [2.45, 2.75) is 13.3 Å². The topological polar surface area (TPSA) is 21.3 Å². The van der Waals surface area contributed by atoms with Gasteiger partial charge < -0.3 is 10.1 Å². The summed E-state index contributed by atoms with van der Waals surface area (Å²) in [6.45, 7) is 4.64. The van der Waals surface area contributed by atoms with E-state index in [1.54, 1.807) is 0 Å². The van der Waals surface area contributed by atoms with Crippen LogP contribution in [0.4, 0.5) is 5.69 Å². The molecule has 0 fully saturated rings. The lowest BCUT2D eigenvalue weighted by molar-refractivity contribution is 0.150. The fourth-order valence-corrected chi connectivity index (χ4v) is 1.70. The van der Waals surface area contributed by atoms with Gasteiger partial charge in [0.05, 0.1) is 13.2 Å². The summed E-state index contributed by atoms with van der Waals surface area (Å²) in [5.41, 5.74) is 3.82. The largest absolute Gasteiger partial charge is 0.381 e. The molecule has 0 saturated carbocycles. The second-order valence-electron chi connectivity index (χ2n) is 3.93. The van der Waals surface area contributed by atoms with E-state index in [1.165, 1.54) is 16.8 Å². The molecule has 15 heavy (non-hydrogen) atoms. The standard InChI is InChI=1S/C13H17NO/c1-11-4-2-6-13(8-11)14-9-12-5-3-7-15-10-12/h2,4-6,8,14H,3,7,9-10H2,1H3. The number of hydrogen-bond acceptors (Lipinski definition) is 2. The number of ether oxygens (including phenoxy) is 1. The first-order chi connectivity index (χ1) is 7.34. The van der Waals surface area contributed by atoms with E-state index in [2.05, 4.69) is 42.6 Å². The van der Waals surface area contributed by atoms with E-state index in [-0.39, 0.29) is 0 Å². The highest BCUT2D eigenvalue weighted by Gasteiger charge is 2.02. The summed E-state index contributed by atoms with van der Waals surface area (Å²) in [4.78, 5) is 0. The van der Waals surface area contributed by atoms with Gasteiger partial charge in [-0.15, -0.1) is 0 Å². The average Bonchev–Trinajstić information content (AvgIpc) is 2.28. The number of rotatable bonds is 3. The third kappa shape index (κ3) is 3.10. The van der Waals surface area contributed by atoms with Crippen molar-refractivity contribution in [2.75, 3.05) is 25.1 Å². The lowest BCUT2D eigenvalue weighted by atomic mass is 10.2. The molecule has 0 spiro atoms. The molecule has 1 aromatic carbocycles. The Morgan fingerprint density at radius 3 is 3.07 bits per heavy atom. The summed E-state index contributed by atoms with van der Waals surface area (Å²) in [5.74, 6) is 0. The van der Waals surface area contributed by atoms with Gasteiger partial charge >= 0.3 is 0 Å². The van der Waals surface area contributed by atoms with Crippen LogP contribution in [0.25, 0.3) is 0 Å². The number of aryl methyl sites for hydroxylation is 1. The van der Waals surface area contributed by atoms with Crippen LogP contribution in [-0.4, -0.2) is 19.8 Å². The smallest absolute Gasteiger partial charge is 0.0693 e. The molecule has 0 aromatic heterocycles. The van der Waals surface area contributed by atoms with E-state index in [9.17, 15) is 0 Å². The zero-order valence-electron chi connectivity index (χ0n) is 9.12. The van der Waals surface area contributed by atoms with Crippen molar-refractivity contribution in [2.24, 2.45) is 0 Å². The van der Waals surface area contributed by atoms with Crippen molar-refractivity contribution in [1.82, 2.24) is 0 Å². The second kappa shape index (κ2) is 4.99. The van der Waals surface area contributed by atoms with Gasteiger partial charge in [0, 0.05) is 12.2 Å². The average molecular weight is 203 g/mol. The van der Waals surface area contributed by atoms with E-state index in [0.717, 1.165) is 26.2 Å². The Hall–Kier alpha value is -1.28. The van der Waals surface area contributed by atoms with Gasteiger partial charge in [0.2, 0.25) is 0 Å². The van der Waals surface area contributed by atoms with Crippen LogP contribution in [0.2, 0.25) is 0 Å². The van der Waals surface area contributed by atoms with Crippen LogP contribution < -0.4 is 5.32 Å². The fourth-order valence-electron chi connectivity index (χ4n) is 1.70. The first kappa shape index (κ1) is 10.2. The number of anilines is 1. The highest BCUT2D eigenvalue weighted by molar-refractivity contribution is 5.46. The third-order valence-corrected chi connectivity index (χ3v) is 2.52. The zero-order valence-corrected chi connectivity index (χ0v) is 9.12. The maximum absolute atomic E-state index is 5.39. The first-order valence-corrected chi connectivity index (χ1v) is 5.41. The van der Waals surface area contributed by atoms with Gasteiger partial charge in [-0.05, 0) is 36.6 Å². The van der Waals surface area contributed by atoms with E-state index in [4.69, 9.17) is 4.74 Å². The number of benzene rings is 1. The molecule has 80 valence electrons. The van der Waals surface area contributed by atoms with Crippen LogP contribution >= 0.6 is 0 Å². The molecule has 1 heterocycles. The van der Waals surface area contributed by atoms with Crippen LogP contribution in [-0.2, 0) is 4.74 Å². The second-order valence-corrected chi connectivity index (χ2v) is 3.93. The molecule has 2 heteroatoms. The minimum absolute atomic E-state index is 0.777. The van der Waals surface area contributed by atoms with Gasteiger partial charge in [-0.25, -0.2) is 0 Å². The minimum Gasteiger partial charge on any atom is -0.381 e. The zero-order chi connectivity index (χ0) is 10.5. The minimum atomic E-state index is 0.777. The molecule has 0 aliphatic carbocycles. The highest BCUT2D eigenvalue weighted by atomic mass is 16.5. The lowest BCUT2D eigenvalue weighted by Crippen LogP contribution is -2.13. The lowest BCUT2D eigenvalue weighted by Gasteiger charge is -2.15. The van der Waals surface area contributed by atoms with Gasteiger partial charge in [-0.1, -0.05) is 18.2 Å². The predicted octanol–water partition coefficient (Wildman–Crippen LogP) is 2.75. The van der Waals surface area contributed by atoms with Gasteiger partial charge in [-0.2, -0.15) is 0 Å². The van der Waals surface area contributed by atoms with E-state index in [1.807, 2.05) is 0 Å². The molecule has 1 N–H and O–H groups in total. The molecule has 1 aromatic rings.